The highest BCUT2D eigenvalue weighted by atomic mass is 14.0. The van der Waals surface area contributed by atoms with Crippen LogP contribution in [0.3, 0.4) is 0 Å². The van der Waals surface area contributed by atoms with E-state index in [0.29, 0.717) is 0 Å². The molecule has 0 N–H and O–H groups in total. The molecule has 0 heterocycles. The number of allylic oxidation sites excluding steroid dienone is 2. The van der Waals surface area contributed by atoms with Crippen LogP contribution in [0.25, 0.3) is 0 Å². The van der Waals surface area contributed by atoms with Crippen molar-refractivity contribution in [3.05, 3.63) is 47.0 Å². The van der Waals surface area contributed by atoms with Crippen LogP contribution in [-0.2, 0) is 6.42 Å². The summed E-state index contributed by atoms with van der Waals surface area (Å²) in [6.07, 6.45) is 3.33. The molecule has 0 nitrogen and oxygen atoms in total. The van der Waals surface area contributed by atoms with Crippen molar-refractivity contribution in [1.82, 2.24) is 0 Å². The van der Waals surface area contributed by atoms with E-state index in [0.717, 1.165) is 6.42 Å². The van der Waals surface area contributed by atoms with E-state index >= 15 is 0 Å². The maximum atomic E-state index is 2.27. The SMILES string of the molecule is CC(C)=CCc1ccccc1C. The van der Waals surface area contributed by atoms with Crippen LogP contribution >= 0.6 is 0 Å². The highest BCUT2D eigenvalue weighted by Crippen LogP contribution is 2.08. The van der Waals surface area contributed by atoms with Crippen LogP contribution < -0.4 is 0 Å². The fourth-order valence-corrected chi connectivity index (χ4v) is 1.15. The number of rotatable bonds is 2. The lowest BCUT2D eigenvalue weighted by Crippen LogP contribution is -1.85. The molecule has 64 valence electrons. The Morgan fingerprint density at radius 1 is 1.25 bits per heavy atom. The van der Waals surface area contributed by atoms with Gasteiger partial charge in [-0.1, -0.05) is 35.9 Å². The number of benzene rings is 1. The highest BCUT2D eigenvalue weighted by Gasteiger charge is 1.92. The van der Waals surface area contributed by atoms with Crippen LogP contribution in [0.4, 0.5) is 0 Å². The molecule has 0 aliphatic carbocycles. The average molecular weight is 160 g/mol. The van der Waals surface area contributed by atoms with E-state index in [1.807, 2.05) is 0 Å². The fraction of sp³-hybridized carbons (Fsp3) is 0.333. The standard InChI is InChI=1S/C12H16/c1-10(2)8-9-12-7-5-4-6-11(12)3/h4-8H,9H2,1-3H3. The van der Waals surface area contributed by atoms with E-state index in [-0.39, 0.29) is 0 Å². The Bertz CT molecular complexity index is 278. The predicted octanol–water partition coefficient (Wildman–Crippen LogP) is 3.50. The van der Waals surface area contributed by atoms with Crippen molar-refractivity contribution in [3.63, 3.8) is 0 Å². The molecule has 0 amide bonds. The summed E-state index contributed by atoms with van der Waals surface area (Å²) in [6.45, 7) is 6.44. The van der Waals surface area contributed by atoms with Gasteiger partial charge in [0.2, 0.25) is 0 Å². The van der Waals surface area contributed by atoms with Gasteiger partial charge in [0.15, 0.2) is 0 Å². The van der Waals surface area contributed by atoms with Crippen molar-refractivity contribution in [2.45, 2.75) is 27.2 Å². The van der Waals surface area contributed by atoms with Gasteiger partial charge >= 0.3 is 0 Å². The van der Waals surface area contributed by atoms with Crippen LogP contribution in [0.1, 0.15) is 25.0 Å². The first-order valence-electron chi connectivity index (χ1n) is 4.38. The molecule has 0 aliphatic rings. The Balaban J connectivity index is 2.76. The first-order valence-corrected chi connectivity index (χ1v) is 4.38. The van der Waals surface area contributed by atoms with Crippen molar-refractivity contribution < 1.29 is 0 Å². The van der Waals surface area contributed by atoms with Gasteiger partial charge in [-0.25, -0.2) is 0 Å². The van der Waals surface area contributed by atoms with Gasteiger partial charge in [-0.15, -0.1) is 0 Å². The van der Waals surface area contributed by atoms with Crippen molar-refractivity contribution in [1.29, 1.82) is 0 Å². The second kappa shape index (κ2) is 4.10. The van der Waals surface area contributed by atoms with Crippen molar-refractivity contribution in [2.75, 3.05) is 0 Å². The van der Waals surface area contributed by atoms with E-state index < -0.39 is 0 Å². The van der Waals surface area contributed by atoms with E-state index in [4.69, 9.17) is 0 Å². The van der Waals surface area contributed by atoms with E-state index in [9.17, 15) is 0 Å². The molecule has 1 rings (SSSR count). The molecular formula is C12H16. The van der Waals surface area contributed by atoms with Gasteiger partial charge in [-0.2, -0.15) is 0 Å². The molecule has 0 atom stereocenters. The molecule has 0 heteroatoms. The van der Waals surface area contributed by atoms with Crippen molar-refractivity contribution in [3.8, 4) is 0 Å². The maximum absolute atomic E-state index is 2.27. The summed E-state index contributed by atoms with van der Waals surface area (Å²) in [5.41, 5.74) is 4.20. The summed E-state index contributed by atoms with van der Waals surface area (Å²) in [5, 5.41) is 0. The molecule has 1 aromatic rings. The van der Waals surface area contributed by atoms with Gasteiger partial charge < -0.3 is 0 Å². The molecule has 0 fully saturated rings. The van der Waals surface area contributed by atoms with Gasteiger partial charge in [-0.05, 0) is 38.3 Å². The van der Waals surface area contributed by atoms with Crippen molar-refractivity contribution >= 4 is 0 Å². The van der Waals surface area contributed by atoms with E-state index in [1.54, 1.807) is 0 Å². The lowest BCUT2D eigenvalue weighted by Gasteiger charge is -2.01. The Labute approximate surface area is 74.9 Å². The molecule has 0 unspecified atom stereocenters. The Morgan fingerprint density at radius 3 is 2.50 bits per heavy atom. The molecule has 0 spiro atoms. The summed E-state index contributed by atoms with van der Waals surface area (Å²) in [7, 11) is 0. The Hall–Kier alpha value is -1.04. The summed E-state index contributed by atoms with van der Waals surface area (Å²) in [6, 6.07) is 8.53. The Morgan fingerprint density at radius 2 is 1.92 bits per heavy atom. The summed E-state index contributed by atoms with van der Waals surface area (Å²) < 4.78 is 0. The quantitative estimate of drug-likeness (QED) is 0.581. The maximum Gasteiger partial charge on any atom is -0.00924 e. The molecular weight excluding hydrogens is 144 g/mol. The van der Waals surface area contributed by atoms with Gasteiger partial charge in [0.05, 0.1) is 0 Å². The zero-order valence-electron chi connectivity index (χ0n) is 8.09. The lowest BCUT2D eigenvalue weighted by molar-refractivity contribution is 1.18. The second-order valence-electron chi connectivity index (χ2n) is 3.41. The summed E-state index contributed by atoms with van der Waals surface area (Å²) >= 11 is 0. The molecule has 0 saturated carbocycles. The molecule has 1 aromatic carbocycles. The predicted molar refractivity (Wildman–Crippen MR) is 54.3 cm³/mol. The van der Waals surface area contributed by atoms with Crippen LogP contribution in [-0.4, -0.2) is 0 Å². The molecule has 0 bridgehead atoms. The van der Waals surface area contributed by atoms with Crippen LogP contribution in [0, 0.1) is 6.92 Å². The second-order valence-corrected chi connectivity index (χ2v) is 3.41. The molecule has 0 aliphatic heterocycles. The normalized spacial score (nSPS) is 9.58. The van der Waals surface area contributed by atoms with Gasteiger partial charge in [0.1, 0.15) is 0 Å². The van der Waals surface area contributed by atoms with Crippen LogP contribution in [0.15, 0.2) is 35.9 Å². The van der Waals surface area contributed by atoms with Gasteiger partial charge in [-0.3, -0.25) is 0 Å². The topological polar surface area (TPSA) is 0 Å². The minimum absolute atomic E-state index is 1.06. The first-order chi connectivity index (χ1) is 5.70. The average Bonchev–Trinajstić information content (AvgIpc) is 2.03. The number of hydrogen-bond donors (Lipinski definition) is 0. The molecule has 0 aromatic heterocycles. The largest absolute Gasteiger partial charge is 0.0815 e. The highest BCUT2D eigenvalue weighted by molar-refractivity contribution is 5.27. The monoisotopic (exact) mass is 160 g/mol. The third-order valence-electron chi connectivity index (χ3n) is 1.99. The number of hydrogen-bond acceptors (Lipinski definition) is 0. The zero-order valence-corrected chi connectivity index (χ0v) is 8.09. The van der Waals surface area contributed by atoms with Gasteiger partial charge in [0, 0.05) is 0 Å². The minimum Gasteiger partial charge on any atom is -0.0815 e. The van der Waals surface area contributed by atoms with E-state index in [1.165, 1.54) is 16.7 Å². The van der Waals surface area contributed by atoms with Crippen molar-refractivity contribution in [2.24, 2.45) is 0 Å². The molecule has 12 heavy (non-hydrogen) atoms. The smallest absolute Gasteiger partial charge is 0.00924 e. The summed E-state index contributed by atoms with van der Waals surface area (Å²) in [5.74, 6) is 0. The van der Waals surface area contributed by atoms with Crippen LogP contribution in [0.2, 0.25) is 0 Å². The fourth-order valence-electron chi connectivity index (χ4n) is 1.15. The molecule has 0 saturated heterocycles. The zero-order chi connectivity index (χ0) is 8.97. The third-order valence-corrected chi connectivity index (χ3v) is 1.99. The first kappa shape index (κ1) is 9.05. The van der Waals surface area contributed by atoms with Crippen LogP contribution in [0.5, 0.6) is 0 Å². The lowest BCUT2D eigenvalue weighted by atomic mass is 10.1. The summed E-state index contributed by atoms with van der Waals surface area (Å²) in [4.78, 5) is 0. The third kappa shape index (κ3) is 2.54. The Kier molecular flexibility index (Phi) is 3.09. The minimum atomic E-state index is 1.06. The van der Waals surface area contributed by atoms with Gasteiger partial charge in [0.25, 0.3) is 0 Å². The van der Waals surface area contributed by atoms with E-state index in [2.05, 4.69) is 51.1 Å². The molecule has 0 radical (unpaired) electrons. The number of aryl methyl sites for hydroxylation is 1.